The summed E-state index contributed by atoms with van der Waals surface area (Å²) < 4.78 is 12.9. The Morgan fingerprint density at radius 2 is 1.00 bits per heavy atom. The Kier molecular flexibility index (Phi) is 23.1. The second-order valence-electron chi connectivity index (χ2n) is 15.4. The van der Waals surface area contributed by atoms with Gasteiger partial charge >= 0.3 is 11.9 Å². The van der Waals surface area contributed by atoms with Gasteiger partial charge in [-0.3, -0.25) is 9.59 Å². The van der Waals surface area contributed by atoms with Gasteiger partial charge in [0.2, 0.25) is 0 Å². The lowest BCUT2D eigenvalue weighted by atomic mass is 9.76. The second kappa shape index (κ2) is 25.8. The molecular formula is C41H77NO5. The highest BCUT2D eigenvalue weighted by Gasteiger charge is 2.50. The molecule has 0 radical (unpaired) electrons. The van der Waals surface area contributed by atoms with Gasteiger partial charge in [-0.15, -0.1) is 0 Å². The Bertz CT molecular complexity index is 743. The Hall–Kier alpha value is -1.14. The molecule has 276 valence electrons. The predicted molar refractivity (Wildman–Crippen MR) is 195 cm³/mol. The Morgan fingerprint density at radius 1 is 0.596 bits per heavy atom. The van der Waals surface area contributed by atoms with Crippen LogP contribution in [0.4, 0.5) is 0 Å². The van der Waals surface area contributed by atoms with E-state index in [1.165, 1.54) is 64.2 Å². The zero-order valence-corrected chi connectivity index (χ0v) is 31.6. The molecule has 0 aromatic carbocycles. The molecule has 47 heavy (non-hydrogen) atoms. The first-order valence-electron chi connectivity index (χ1n) is 20.7. The first-order chi connectivity index (χ1) is 22.9. The summed E-state index contributed by atoms with van der Waals surface area (Å²) in [5.74, 6) is -0.197. The fourth-order valence-corrected chi connectivity index (χ4v) is 8.04. The number of esters is 2. The van der Waals surface area contributed by atoms with Crippen LogP contribution in [0.5, 0.6) is 0 Å². The van der Waals surface area contributed by atoms with Gasteiger partial charge in [-0.05, 0) is 89.3 Å². The van der Waals surface area contributed by atoms with E-state index in [4.69, 9.17) is 9.47 Å². The molecule has 1 aliphatic carbocycles. The first kappa shape index (κ1) is 42.0. The highest BCUT2D eigenvalue weighted by atomic mass is 16.6. The Morgan fingerprint density at radius 3 is 1.43 bits per heavy atom. The summed E-state index contributed by atoms with van der Waals surface area (Å²) in [5.41, 5.74) is 0.0692. The van der Waals surface area contributed by atoms with E-state index in [1.54, 1.807) is 0 Å². The SMILES string of the molecule is CCCCCCCCC(CCCC)C(=O)O[C@@H]1CC2(CCN(CCCCO)CC2)C[C@H]1OC(=O)C(CCCC)CCCCCCCC. The first-order valence-corrected chi connectivity index (χ1v) is 20.7. The molecule has 4 atom stereocenters. The normalized spacial score (nSPS) is 20.8. The number of rotatable bonds is 28. The van der Waals surface area contributed by atoms with Crippen LogP contribution >= 0.6 is 0 Å². The fourth-order valence-electron chi connectivity index (χ4n) is 8.04. The van der Waals surface area contributed by atoms with Crippen molar-refractivity contribution in [2.45, 2.75) is 207 Å². The molecule has 1 saturated carbocycles. The molecule has 1 N–H and O–H groups in total. The largest absolute Gasteiger partial charge is 0.458 e. The zero-order valence-electron chi connectivity index (χ0n) is 31.6. The van der Waals surface area contributed by atoms with Crippen molar-refractivity contribution in [3.8, 4) is 0 Å². The van der Waals surface area contributed by atoms with E-state index in [9.17, 15) is 14.7 Å². The Balaban J connectivity index is 2.10. The van der Waals surface area contributed by atoms with E-state index in [2.05, 4.69) is 32.6 Å². The molecule has 0 bridgehead atoms. The van der Waals surface area contributed by atoms with Gasteiger partial charge in [-0.2, -0.15) is 0 Å². The van der Waals surface area contributed by atoms with Crippen LogP contribution in [0.15, 0.2) is 0 Å². The van der Waals surface area contributed by atoms with Gasteiger partial charge < -0.3 is 19.5 Å². The number of aliphatic hydroxyl groups is 1. The third kappa shape index (κ3) is 16.9. The van der Waals surface area contributed by atoms with E-state index in [1.807, 2.05) is 0 Å². The summed E-state index contributed by atoms with van der Waals surface area (Å²) in [6, 6.07) is 0. The maximum absolute atomic E-state index is 13.8. The average Bonchev–Trinajstić information content (AvgIpc) is 3.39. The van der Waals surface area contributed by atoms with Crippen LogP contribution in [-0.4, -0.2) is 60.4 Å². The zero-order chi connectivity index (χ0) is 34.2. The monoisotopic (exact) mass is 664 g/mol. The highest BCUT2D eigenvalue weighted by molar-refractivity contribution is 5.74. The lowest BCUT2D eigenvalue weighted by Crippen LogP contribution is -2.40. The number of hydrogen-bond donors (Lipinski definition) is 1. The molecule has 1 aliphatic heterocycles. The number of hydrogen-bond acceptors (Lipinski definition) is 6. The number of carbonyl (C=O) groups is 2. The minimum absolute atomic E-state index is 0.0487. The maximum Gasteiger partial charge on any atom is 0.309 e. The van der Waals surface area contributed by atoms with Gasteiger partial charge in [-0.1, -0.05) is 130 Å². The van der Waals surface area contributed by atoms with Gasteiger partial charge in [-0.25, -0.2) is 0 Å². The molecule has 2 fully saturated rings. The van der Waals surface area contributed by atoms with E-state index in [-0.39, 0.29) is 48.0 Å². The third-order valence-electron chi connectivity index (χ3n) is 11.3. The number of carbonyl (C=O) groups excluding carboxylic acids is 2. The van der Waals surface area contributed by atoms with Gasteiger partial charge in [0.05, 0.1) is 11.8 Å². The van der Waals surface area contributed by atoms with Gasteiger partial charge in [0.15, 0.2) is 0 Å². The molecule has 0 aromatic rings. The van der Waals surface area contributed by atoms with E-state index >= 15 is 0 Å². The smallest absolute Gasteiger partial charge is 0.309 e. The van der Waals surface area contributed by atoms with Gasteiger partial charge in [0.25, 0.3) is 0 Å². The van der Waals surface area contributed by atoms with Crippen LogP contribution in [0.3, 0.4) is 0 Å². The summed E-state index contributed by atoms with van der Waals surface area (Å²) in [6.07, 6.45) is 27.6. The minimum atomic E-state index is -0.332. The van der Waals surface area contributed by atoms with Crippen molar-refractivity contribution in [1.82, 2.24) is 4.90 Å². The van der Waals surface area contributed by atoms with Crippen LogP contribution in [0.1, 0.15) is 195 Å². The van der Waals surface area contributed by atoms with Gasteiger partial charge in [0, 0.05) is 6.61 Å². The predicted octanol–water partition coefficient (Wildman–Crippen LogP) is 10.6. The molecule has 6 nitrogen and oxygen atoms in total. The number of nitrogens with zero attached hydrogens (tertiary/aromatic N) is 1. The van der Waals surface area contributed by atoms with Crippen molar-refractivity contribution in [2.75, 3.05) is 26.2 Å². The lowest BCUT2D eigenvalue weighted by Gasteiger charge is -2.39. The van der Waals surface area contributed by atoms with Crippen LogP contribution in [0.25, 0.3) is 0 Å². The summed E-state index contributed by atoms with van der Waals surface area (Å²) in [7, 11) is 0. The number of piperidine rings is 1. The Labute approximate surface area is 290 Å². The number of likely N-dealkylation sites (tertiary alicyclic amines) is 1. The standard InChI is InChI=1S/C41H77NO5/c1-5-9-13-15-17-19-25-35(23-11-7-3)39(44)46-37-33-41(27-30-42(31-28-41)29-21-22-32-43)34-38(37)47-40(45)36(24-12-8-4)26-20-18-16-14-10-6-2/h35-38,43H,5-34H2,1-4H3/t35?,36?,37-,38-/m1/s1. The van der Waals surface area contributed by atoms with Crippen LogP contribution in [0, 0.1) is 17.3 Å². The quantitative estimate of drug-likeness (QED) is 0.0663. The highest BCUT2D eigenvalue weighted by Crippen LogP contribution is 2.49. The number of unbranched alkanes of at least 4 members (excludes halogenated alkanes) is 13. The molecule has 1 heterocycles. The van der Waals surface area contributed by atoms with Crippen molar-refractivity contribution in [1.29, 1.82) is 0 Å². The molecule has 2 aliphatic rings. The van der Waals surface area contributed by atoms with Crippen LogP contribution in [-0.2, 0) is 19.1 Å². The third-order valence-corrected chi connectivity index (χ3v) is 11.3. The summed E-state index contributed by atoms with van der Waals surface area (Å²) in [5, 5.41) is 9.22. The topological polar surface area (TPSA) is 76.1 Å². The lowest BCUT2D eigenvalue weighted by molar-refractivity contribution is -0.171. The van der Waals surface area contributed by atoms with Crippen LogP contribution < -0.4 is 0 Å². The molecule has 2 unspecified atom stereocenters. The molecule has 0 amide bonds. The van der Waals surface area contributed by atoms with Crippen molar-refractivity contribution in [3.05, 3.63) is 0 Å². The number of aliphatic hydroxyl groups excluding tert-OH is 1. The van der Waals surface area contributed by atoms with E-state index in [0.717, 1.165) is 122 Å². The maximum atomic E-state index is 13.8. The summed E-state index contributed by atoms with van der Waals surface area (Å²) in [6.45, 7) is 12.2. The second-order valence-corrected chi connectivity index (χ2v) is 15.4. The molecule has 2 rings (SSSR count). The molecule has 1 saturated heterocycles. The van der Waals surface area contributed by atoms with Crippen molar-refractivity contribution < 1.29 is 24.2 Å². The average molecular weight is 664 g/mol. The van der Waals surface area contributed by atoms with Gasteiger partial charge in [0.1, 0.15) is 12.2 Å². The van der Waals surface area contributed by atoms with Crippen molar-refractivity contribution in [3.63, 3.8) is 0 Å². The molecule has 6 heteroatoms. The summed E-state index contributed by atoms with van der Waals surface area (Å²) in [4.78, 5) is 30.1. The van der Waals surface area contributed by atoms with Crippen LogP contribution in [0.2, 0.25) is 0 Å². The molecular weight excluding hydrogens is 586 g/mol. The van der Waals surface area contributed by atoms with Crippen molar-refractivity contribution in [2.24, 2.45) is 17.3 Å². The fraction of sp³-hybridized carbons (Fsp3) is 0.951. The molecule has 1 spiro atoms. The minimum Gasteiger partial charge on any atom is -0.458 e. The van der Waals surface area contributed by atoms with E-state index in [0.29, 0.717) is 0 Å². The van der Waals surface area contributed by atoms with E-state index < -0.39 is 0 Å². The van der Waals surface area contributed by atoms with Crippen molar-refractivity contribution >= 4 is 11.9 Å². The molecule has 0 aromatic heterocycles. The number of ether oxygens (including phenoxy) is 2. The summed E-state index contributed by atoms with van der Waals surface area (Å²) >= 11 is 0.